The third-order valence-corrected chi connectivity index (χ3v) is 3.14. The van der Waals surface area contributed by atoms with Crippen LogP contribution in [0.4, 0.5) is 5.69 Å². The standard InChI is InChI=1S/C12H14ClNO2/c13-10-1-2-11-9(7-10)5-8(3-4-14-11)6-12(15)16/h1-2,7-8,14H,3-6H2,(H,15,16). The van der Waals surface area contributed by atoms with Crippen molar-refractivity contribution in [1.82, 2.24) is 0 Å². The SMILES string of the molecule is O=C(O)CC1CCNc2ccc(Cl)cc2C1. The van der Waals surface area contributed by atoms with E-state index in [-0.39, 0.29) is 12.3 Å². The topological polar surface area (TPSA) is 49.3 Å². The van der Waals surface area contributed by atoms with Crippen LogP contribution in [0.1, 0.15) is 18.4 Å². The highest BCUT2D eigenvalue weighted by molar-refractivity contribution is 6.30. The van der Waals surface area contributed by atoms with E-state index in [1.165, 1.54) is 0 Å². The lowest BCUT2D eigenvalue weighted by atomic mass is 9.94. The summed E-state index contributed by atoms with van der Waals surface area (Å²) in [6.07, 6.45) is 1.90. The zero-order valence-corrected chi connectivity index (χ0v) is 9.63. The van der Waals surface area contributed by atoms with Gasteiger partial charge in [-0.1, -0.05) is 11.6 Å². The summed E-state index contributed by atoms with van der Waals surface area (Å²) < 4.78 is 0. The molecule has 0 radical (unpaired) electrons. The van der Waals surface area contributed by atoms with Gasteiger partial charge in [0.25, 0.3) is 0 Å². The average molecular weight is 240 g/mol. The molecule has 0 spiro atoms. The molecule has 1 aliphatic heterocycles. The molecule has 1 unspecified atom stereocenters. The van der Waals surface area contributed by atoms with Crippen molar-refractivity contribution in [3.63, 3.8) is 0 Å². The van der Waals surface area contributed by atoms with E-state index in [2.05, 4.69) is 5.32 Å². The van der Waals surface area contributed by atoms with Crippen molar-refractivity contribution >= 4 is 23.3 Å². The Labute approximate surface area is 99.4 Å². The first-order valence-electron chi connectivity index (χ1n) is 5.39. The number of anilines is 1. The van der Waals surface area contributed by atoms with Crippen LogP contribution >= 0.6 is 11.6 Å². The van der Waals surface area contributed by atoms with Gasteiger partial charge in [0.1, 0.15) is 0 Å². The zero-order chi connectivity index (χ0) is 11.5. The number of nitrogens with one attached hydrogen (secondary N) is 1. The maximum atomic E-state index is 10.7. The molecule has 0 saturated heterocycles. The van der Waals surface area contributed by atoms with E-state index < -0.39 is 5.97 Å². The molecule has 4 heteroatoms. The summed E-state index contributed by atoms with van der Waals surface area (Å²) in [6.45, 7) is 0.826. The van der Waals surface area contributed by atoms with E-state index in [0.717, 1.165) is 30.6 Å². The summed E-state index contributed by atoms with van der Waals surface area (Å²) in [5.41, 5.74) is 2.20. The Morgan fingerprint density at radius 3 is 3.12 bits per heavy atom. The van der Waals surface area contributed by atoms with Gasteiger partial charge in [-0.05, 0) is 42.5 Å². The first-order valence-corrected chi connectivity index (χ1v) is 5.77. The number of benzene rings is 1. The van der Waals surface area contributed by atoms with Gasteiger partial charge in [0, 0.05) is 23.7 Å². The molecule has 0 saturated carbocycles. The van der Waals surface area contributed by atoms with Gasteiger partial charge in [0.05, 0.1) is 0 Å². The number of rotatable bonds is 2. The average Bonchev–Trinajstić information content (AvgIpc) is 2.37. The molecular formula is C12H14ClNO2. The van der Waals surface area contributed by atoms with Crippen LogP contribution in [0.2, 0.25) is 5.02 Å². The molecule has 16 heavy (non-hydrogen) atoms. The Morgan fingerprint density at radius 1 is 1.56 bits per heavy atom. The molecule has 1 aromatic rings. The Kier molecular flexibility index (Phi) is 3.34. The number of carboxylic acid groups (broad SMARTS) is 1. The Morgan fingerprint density at radius 2 is 2.38 bits per heavy atom. The molecule has 0 fully saturated rings. The fourth-order valence-electron chi connectivity index (χ4n) is 2.15. The minimum atomic E-state index is -0.726. The second-order valence-electron chi connectivity index (χ2n) is 4.18. The second kappa shape index (κ2) is 4.74. The lowest BCUT2D eigenvalue weighted by molar-refractivity contribution is -0.138. The van der Waals surface area contributed by atoms with Crippen molar-refractivity contribution in [2.24, 2.45) is 5.92 Å². The van der Waals surface area contributed by atoms with Crippen molar-refractivity contribution < 1.29 is 9.90 Å². The van der Waals surface area contributed by atoms with Gasteiger partial charge < -0.3 is 10.4 Å². The molecule has 1 aliphatic rings. The van der Waals surface area contributed by atoms with Gasteiger partial charge in [-0.25, -0.2) is 0 Å². The molecule has 86 valence electrons. The molecule has 3 nitrogen and oxygen atoms in total. The van der Waals surface area contributed by atoms with Crippen LogP contribution in [-0.4, -0.2) is 17.6 Å². The van der Waals surface area contributed by atoms with Gasteiger partial charge in [0.15, 0.2) is 0 Å². The van der Waals surface area contributed by atoms with Crippen LogP contribution in [0.15, 0.2) is 18.2 Å². The number of carboxylic acids is 1. The molecule has 1 atom stereocenters. The summed E-state index contributed by atoms with van der Waals surface area (Å²) in [5, 5.41) is 12.8. The molecule has 0 bridgehead atoms. The molecular weight excluding hydrogens is 226 g/mol. The van der Waals surface area contributed by atoms with E-state index in [9.17, 15) is 4.79 Å². The molecule has 0 aliphatic carbocycles. The minimum absolute atomic E-state index is 0.199. The van der Waals surface area contributed by atoms with E-state index in [1.54, 1.807) is 0 Å². The summed E-state index contributed by atoms with van der Waals surface area (Å²) in [5.74, 6) is -0.528. The van der Waals surface area contributed by atoms with Crippen molar-refractivity contribution in [3.8, 4) is 0 Å². The molecule has 1 aromatic carbocycles. The lowest BCUT2D eigenvalue weighted by Crippen LogP contribution is -2.11. The highest BCUT2D eigenvalue weighted by Crippen LogP contribution is 2.28. The van der Waals surface area contributed by atoms with Gasteiger partial charge >= 0.3 is 5.97 Å². The van der Waals surface area contributed by atoms with Crippen molar-refractivity contribution in [1.29, 1.82) is 0 Å². The summed E-state index contributed by atoms with van der Waals surface area (Å²) >= 11 is 5.94. The summed E-state index contributed by atoms with van der Waals surface area (Å²) in [7, 11) is 0. The number of aliphatic carboxylic acids is 1. The fraction of sp³-hybridized carbons (Fsp3) is 0.417. The first-order chi connectivity index (χ1) is 7.65. The number of carbonyl (C=O) groups is 1. The van der Waals surface area contributed by atoms with Crippen molar-refractivity contribution in [2.75, 3.05) is 11.9 Å². The van der Waals surface area contributed by atoms with Crippen LogP contribution in [0.25, 0.3) is 0 Å². The molecule has 0 amide bonds. The number of hydrogen-bond donors (Lipinski definition) is 2. The first kappa shape index (κ1) is 11.3. The lowest BCUT2D eigenvalue weighted by Gasteiger charge is -2.11. The van der Waals surface area contributed by atoms with Gasteiger partial charge in [-0.15, -0.1) is 0 Å². The van der Waals surface area contributed by atoms with Gasteiger partial charge in [-0.3, -0.25) is 4.79 Å². The van der Waals surface area contributed by atoms with Crippen LogP contribution in [-0.2, 0) is 11.2 Å². The van der Waals surface area contributed by atoms with Crippen LogP contribution < -0.4 is 5.32 Å². The van der Waals surface area contributed by atoms with Crippen molar-refractivity contribution in [2.45, 2.75) is 19.3 Å². The number of halogens is 1. The second-order valence-corrected chi connectivity index (χ2v) is 4.62. The smallest absolute Gasteiger partial charge is 0.303 e. The number of hydrogen-bond acceptors (Lipinski definition) is 2. The molecule has 1 heterocycles. The van der Waals surface area contributed by atoms with E-state index in [0.29, 0.717) is 5.02 Å². The quantitative estimate of drug-likeness (QED) is 0.835. The normalized spacial score (nSPS) is 19.4. The van der Waals surface area contributed by atoms with Crippen LogP contribution in [0.5, 0.6) is 0 Å². The molecule has 2 N–H and O–H groups in total. The fourth-order valence-corrected chi connectivity index (χ4v) is 2.34. The van der Waals surface area contributed by atoms with Gasteiger partial charge in [-0.2, -0.15) is 0 Å². The van der Waals surface area contributed by atoms with Crippen molar-refractivity contribution in [3.05, 3.63) is 28.8 Å². The monoisotopic (exact) mass is 239 g/mol. The third-order valence-electron chi connectivity index (χ3n) is 2.91. The minimum Gasteiger partial charge on any atom is -0.481 e. The Hall–Kier alpha value is -1.22. The largest absolute Gasteiger partial charge is 0.481 e. The summed E-state index contributed by atoms with van der Waals surface area (Å²) in [6, 6.07) is 5.73. The van der Waals surface area contributed by atoms with E-state index >= 15 is 0 Å². The Balaban J connectivity index is 2.19. The maximum Gasteiger partial charge on any atom is 0.303 e. The van der Waals surface area contributed by atoms with E-state index in [4.69, 9.17) is 16.7 Å². The maximum absolute atomic E-state index is 10.7. The zero-order valence-electron chi connectivity index (χ0n) is 8.87. The van der Waals surface area contributed by atoms with Gasteiger partial charge in [0.2, 0.25) is 0 Å². The summed E-state index contributed by atoms with van der Waals surface area (Å²) in [4.78, 5) is 10.7. The molecule has 2 rings (SSSR count). The highest BCUT2D eigenvalue weighted by atomic mass is 35.5. The predicted octanol–water partition coefficient (Wildman–Crippen LogP) is 2.79. The highest BCUT2D eigenvalue weighted by Gasteiger charge is 2.18. The predicted molar refractivity (Wildman–Crippen MR) is 64.0 cm³/mol. The Bertz CT molecular complexity index is 406. The molecule has 0 aromatic heterocycles. The van der Waals surface area contributed by atoms with Crippen LogP contribution in [0.3, 0.4) is 0 Å². The van der Waals surface area contributed by atoms with Crippen LogP contribution in [0, 0.1) is 5.92 Å². The third kappa shape index (κ3) is 2.67. The number of fused-ring (bicyclic) bond motifs is 1. The van der Waals surface area contributed by atoms with E-state index in [1.807, 2.05) is 18.2 Å².